The van der Waals surface area contributed by atoms with Gasteiger partial charge in [0.05, 0.1) is 13.2 Å². The van der Waals surface area contributed by atoms with Crippen molar-refractivity contribution in [1.29, 1.82) is 0 Å². The SMILES string of the molecule is COc1ccc(F)cc1OC1CC(C(=O)NC2CNC2)C1. The molecular formula is C15H19FN2O3. The molecule has 0 aromatic heterocycles. The van der Waals surface area contributed by atoms with E-state index in [2.05, 4.69) is 10.6 Å². The zero-order valence-corrected chi connectivity index (χ0v) is 11.9. The molecule has 0 spiro atoms. The zero-order valence-electron chi connectivity index (χ0n) is 11.9. The number of hydrogen-bond donors (Lipinski definition) is 2. The average molecular weight is 294 g/mol. The summed E-state index contributed by atoms with van der Waals surface area (Å²) in [6, 6.07) is 4.44. The van der Waals surface area contributed by atoms with E-state index in [0.717, 1.165) is 13.1 Å². The van der Waals surface area contributed by atoms with E-state index in [1.54, 1.807) is 0 Å². The molecule has 5 nitrogen and oxygen atoms in total. The summed E-state index contributed by atoms with van der Waals surface area (Å²) < 4.78 is 24.1. The van der Waals surface area contributed by atoms with Gasteiger partial charge in [0.25, 0.3) is 0 Å². The largest absolute Gasteiger partial charge is 0.493 e. The molecule has 1 aliphatic carbocycles. The lowest BCUT2D eigenvalue weighted by molar-refractivity contribution is -0.131. The summed E-state index contributed by atoms with van der Waals surface area (Å²) in [6.07, 6.45) is 1.26. The van der Waals surface area contributed by atoms with Gasteiger partial charge in [0, 0.05) is 25.1 Å². The summed E-state index contributed by atoms with van der Waals surface area (Å²) in [5.41, 5.74) is 0. The molecule has 2 fully saturated rings. The summed E-state index contributed by atoms with van der Waals surface area (Å²) in [7, 11) is 1.52. The fourth-order valence-electron chi connectivity index (χ4n) is 2.51. The Morgan fingerprint density at radius 2 is 2.10 bits per heavy atom. The highest BCUT2D eigenvalue weighted by Crippen LogP contribution is 2.35. The van der Waals surface area contributed by atoms with E-state index < -0.39 is 0 Å². The van der Waals surface area contributed by atoms with Gasteiger partial charge in [0.1, 0.15) is 11.9 Å². The van der Waals surface area contributed by atoms with Gasteiger partial charge in [0.15, 0.2) is 11.5 Å². The maximum atomic E-state index is 13.2. The van der Waals surface area contributed by atoms with Crippen LogP contribution in [0.2, 0.25) is 0 Å². The fourth-order valence-corrected chi connectivity index (χ4v) is 2.51. The summed E-state index contributed by atoms with van der Waals surface area (Å²) >= 11 is 0. The third-order valence-electron chi connectivity index (χ3n) is 4.01. The van der Waals surface area contributed by atoms with Gasteiger partial charge in [-0.25, -0.2) is 4.39 Å². The lowest BCUT2D eigenvalue weighted by Gasteiger charge is -2.37. The Kier molecular flexibility index (Phi) is 3.96. The van der Waals surface area contributed by atoms with Crippen LogP contribution in [0.4, 0.5) is 4.39 Å². The molecule has 1 aromatic rings. The van der Waals surface area contributed by atoms with Crippen LogP contribution in [0, 0.1) is 11.7 Å². The Bertz CT molecular complexity index is 528. The van der Waals surface area contributed by atoms with E-state index in [9.17, 15) is 9.18 Å². The molecule has 0 bridgehead atoms. The van der Waals surface area contributed by atoms with Crippen molar-refractivity contribution in [1.82, 2.24) is 10.6 Å². The van der Waals surface area contributed by atoms with Crippen LogP contribution in [0.15, 0.2) is 18.2 Å². The van der Waals surface area contributed by atoms with Crippen LogP contribution in [0.1, 0.15) is 12.8 Å². The lowest BCUT2D eigenvalue weighted by Crippen LogP contribution is -2.59. The van der Waals surface area contributed by atoms with Crippen LogP contribution < -0.4 is 20.1 Å². The molecule has 1 aromatic carbocycles. The summed E-state index contributed by atoms with van der Waals surface area (Å²) in [5, 5.41) is 6.10. The molecule has 1 heterocycles. The first-order valence-electron chi connectivity index (χ1n) is 7.17. The lowest BCUT2D eigenvalue weighted by atomic mass is 9.81. The molecule has 1 amide bonds. The number of rotatable bonds is 5. The van der Waals surface area contributed by atoms with Crippen LogP contribution in [0.3, 0.4) is 0 Å². The number of benzene rings is 1. The Morgan fingerprint density at radius 3 is 2.71 bits per heavy atom. The first kappa shape index (κ1) is 14.1. The standard InChI is InChI=1S/C15H19FN2O3/c1-20-13-3-2-10(16)6-14(13)21-12-4-9(5-12)15(19)18-11-7-17-8-11/h2-3,6,9,11-12,17H,4-5,7-8H2,1H3,(H,18,19). The van der Waals surface area contributed by atoms with E-state index in [0.29, 0.717) is 24.3 Å². The number of nitrogens with one attached hydrogen (secondary N) is 2. The molecule has 2 aliphatic rings. The minimum atomic E-state index is -0.364. The minimum absolute atomic E-state index is 0.00449. The number of carbonyl (C=O) groups is 1. The molecule has 0 atom stereocenters. The summed E-state index contributed by atoms with van der Waals surface area (Å²) in [5.74, 6) is 0.619. The van der Waals surface area contributed by atoms with Crippen molar-refractivity contribution < 1.29 is 18.7 Å². The van der Waals surface area contributed by atoms with Crippen molar-refractivity contribution in [3.05, 3.63) is 24.0 Å². The normalized spacial score (nSPS) is 24.7. The van der Waals surface area contributed by atoms with Gasteiger partial charge in [-0.1, -0.05) is 0 Å². The van der Waals surface area contributed by atoms with Crippen LogP contribution in [0.5, 0.6) is 11.5 Å². The smallest absolute Gasteiger partial charge is 0.223 e. The van der Waals surface area contributed by atoms with Gasteiger partial charge in [0.2, 0.25) is 5.91 Å². The Morgan fingerprint density at radius 1 is 1.33 bits per heavy atom. The Labute approximate surface area is 122 Å². The maximum absolute atomic E-state index is 13.2. The molecule has 6 heteroatoms. The van der Waals surface area contributed by atoms with E-state index in [-0.39, 0.29) is 29.8 Å². The molecule has 2 N–H and O–H groups in total. The highest BCUT2D eigenvalue weighted by atomic mass is 19.1. The maximum Gasteiger partial charge on any atom is 0.223 e. The molecule has 1 saturated heterocycles. The van der Waals surface area contributed by atoms with Gasteiger partial charge < -0.3 is 20.1 Å². The number of hydrogen-bond acceptors (Lipinski definition) is 4. The third-order valence-corrected chi connectivity index (χ3v) is 4.01. The van der Waals surface area contributed by atoms with E-state index >= 15 is 0 Å². The second-order valence-electron chi connectivity index (χ2n) is 5.57. The van der Waals surface area contributed by atoms with E-state index in [1.165, 1.54) is 25.3 Å². The molecule has 1 saturated carbocycles. The molecule has 0 unspecified atom stereocenters. The van der Waals surface area contributed by atoms with Crippen LogP contribution >= 0.6 is 0 Å². The monoisotopic (exact) mass is 294 g/mol. The molecule has 1 aliphatic heterocycles. The van der Waals surface area contributed by atoms with Crippen LogP contribution in [-0.4, -0.2) is 38.3 Å². The number of halogens is 1. The summed E-state index contributed by atoms with van der Waals surface area (Å²) in [4.78, 5) is 11.9. The first-order valence-corrected chi connectivity index (χ1v) is 7.17. The molecule has 0 radical (unpaired) electrons. The van der Waals surface area contributed by atoms with Crippen molar-refractivity contribution in [2.75, 3.05) is 20.2 Å². The van der Waals surface area contributed by atoms with Crippen molar-refractivity contribution in [3.63, 3.8) is 0 Å². The van der Waals surface area contributed by atoms with Crippen molar-refractivity contribution in [2.24, 2.45) is 5.92 Å². The quantitative estimate of drug-likeness (QED) is 0.853. The van der Waals surface area contributed by atoms with Gasteiger partial charge in [-0.15, -0.1) is 0 Å². The predicted octanol–water partition coefficient (Wildman–Crippen LogP) is 1.08. The fraction of sp³-hybridized carbons (Fsp3) is 0.533. The highest BCUT2D eigenvalue weighted by Gasteiger charge is 2.37. The first-order chi connectivity index (χ1) is 10.2. The van der Waals surface area contributed by atoms with Gasteiger partial charge in [-0.3, -0.25) is 4.79 Å². The van der Waals surface area contributed by atoms with E-state index in [4.69, 9.17) is 9.47 Å². The Balaban J connectivity index is 1.50. The average Bonchev–Trinajstić information content (AvgIpc) is 2.37. The van der Waals surface area contributed by atoms with Gasteiger partial charge >= 0.3 is 0 Å². The second kappa shape index (κ2) is 5.89. The van der Waals surface area contributed by atoms with Crippen molar-refractivity contribution >= 4 is 5.91 Å². The highest BCUT2D eigenvalue weighted by molar-refractivity contribution is 5.80. The topological polar surface area (TPSA) is 59.6 Å². The van der Waals surface area contributed by atoms with Gasteiger partial charge in [-0.2, -0.15) is 0 Å². The second-order valence-corrected chi connectivity index (χ2v) is 5.57. The molecular weight excluding hydrogens is 275 g/mol. The number of methoxy groups -OCH3 is 1. The molecule has 3 rings (SSSR count). The number of amides is 1. The zero-order chi connectivity index (χ0) is 14.8. The Hall–Kier alpha value is -1.82. The number of ether oxygens (including phenoxy) is 2. The van der Waals surface area contributed by atoms with E-state index in [1.807, 2.05) is 0 Å². The molecule has 21 heavy (non-hydrogen) atoms. The van der Waals surface area contributed by atoms with Crippen LogP contribution in [-0.2, 0) is 4.79 Å². The van der Waals surface area contributed by atoms with Crippen molar-refractivity contribution in [2.45, 2.75) is 25.0 Å². The minimum Gasteiger partial charge on any atom is -0.493 e. The van der Waals surface area contributed by atoms with Crippen LogP contribution in [0.25, 0.3) is 0 Å². The number of carbonyl (C=O) groups excluding carboxylic acids is 1. The predicted molar refractivity (Wildman–Crippen MR) is 74.9 cm³/mol. The molecule has 114 valence electrons. The summed E-state index contributed by atoms with van der Waals surface area (Å²) in [6.45, 7) is 1.69. The van der Waals surface area contributed by atoms with Gasteiger partial charge in [-0.05, 0) is 25.0 Å². The van der Waals surface area contributed by atoms with Crippen molar-refractivity contribution in [3.8, 4) is 11.5 Å². The third kappa shape index (κ3) is 3.10.